The summed E-state index contributed by atoms with van der Waals surface area (Å²) in [5, 5.41) is 9.54. The van der Waals surface area contributed by atoms with Gasteiger partial charge in [0.25, 0.3) is 5.92 Å². The van der Waals surface area contributed by atoms with Crippen molar-refractivity contribution < 1.29 is 31.5 Å². The number of hydrogen-bond acceptors (Lipinski definition) is 5. The number of rotatable bonds is 6. The van der Waals surface area contributed by atoms with Gasteiger partial charge in [0.15, 0.2) is 5.78 Å². The zero-order chi connectivity index (χ0) is 26.8. The Kier molecular flexibility index (Phi) is 7.03. The number of pyridine rings is 2. The Bertz CT molecular complexity index is 1430. The molecule has 1 aliphatic rings. The van der Waals surface area contributed by atoms with E-state index in [1.165, 1.54) is 24.4 Å². The number of benzene rings is 1. The summed E-state index contributed by atoms with van der Waals surface area (Å²) >= 11 is 0. The number of carbonyl (C=O) groups is 2. The van der Waals surface area contributed by atoms with Crippen molar-refractivity contribution in [3.8, 4) is 6.07 Å². The highest BCUT2D eigenvalue weighted by molar-refractivity contribution is 6.08. The Morgan fingerprint density at radius 2 is 1.76 bits per heavy atom. The molecule has 4 rings (SSSR count). The van der Waals surface area contributed by atoms with E-state index in [0.717, 1.165) is 17.2 Å². The van der Waals surface area contributed by atoms with Crippen molar-refractivity contribution in [2.24, 2.45) is 0 Å². The lowest BCUT2D eigenvalue weighted by atomic mass is 10.00. The summed E-state index contributed by atoms with van der Waals surface area (Å²) in [7, 11) is 0. The molecule has 0 saturated carbocycles. The van der Waals surface area contributed by atoms with Crippen LogP contribution in [0.5, 0.6) is 0 Å². The first-order valence-corrected chi connectivity index (χ1v) is 11.2. The average molecular weight is 514 g/mol. The maximum absolute atomic E-state index is 13.6. The second kappa shape index (κ2) is 10.0. The molecule has 0 radical (unpaired) electrons. The van der Waals surface area contributed by atoms with Crippen LogP contribution >= 0.6 is 0 Å². The lowest BCUT2D eigenvalue weighted by molar-refractivity contribution is -0.141. The van der Waals surface area contributed by atoms with E-state index in [1.807, 2.05) is 0 Å². The van der Waals surface area contributed by atoms with Gasteiger partial charge in [-0.1, -0.05) is 18.2 Å². The van der Waals surface area contributed by atoms with Crippen LogP contribution in [0.15, 0.2) is 48.8 Å². The van der Waals surface area contributed by atoms with Crippen molar-refractivity contribution in [1.82, 2.24) is 14.9 Å². The predicted molar refractivity (Wildman–Crippen MR) is 124 cm³/mol. The van der Waals surface area contributed by atoms with Crippen molar-refractivity contribution in [3.63, 3.8) is 0 Å². The van der Waals surface area contributed by atoms with Crippen LogP contribution in [0.1, 0.15) is 46.4 Å². The fourth-order valence-electron chi connectivity index (χ4n) is 4.10. The number of nitrogens with zero attached hydrogens (tertiary/aromatic N) is 4. The van der Waals surface area contributed by atoms with E-state index in [4.69, 9.17) is 5.26 Å². The summed E-state index contributed by atoms with van der Waals surface area (Å²) in [6, 6.07) is 9.26. The van der Waals surface area contributed by atoms with Gasteiger partial charge in [-0.3, -0.25) is 19.6 Å². The molecule has 1 amide bonds. The third-order valence-electron chi connectivity index (χ3n) is 5.91. The molecule has 3 aromatic rings. The number of Topliss-reactive ketones (excluding diaryl/α,β-unsaturated/α-hetero) is 1. The Morgan fingerprint density at radius 3 is 2.46 bits per heavy atom. The summed E-state index contributed by atoms with van der Waals surface area (Å²) in [4.78, 5) is 33.7. The number of fused-ring (bicyclic) bond motifs is 1. The molecule has 3 heterocycles. The largest absolute Gasteiger partial charge is 0.433 e. The lowest BCUT2D eigenvalue weighted by Gasteiger charge is -2.18. The molecule has 1 aliphatic heterocycles. The molecule has 1 aromatic carbocycles. The van der Waals surface area contributed by atoms with Crippen molar-refractivity contribution in [3.05, 3.63) is 71.2 Å². The first kappa shape index (κ1) is 25.9. The van der Waals surface area contributed by atoms with E-state index in [-0.39, 0.29) is 24.0 Å². The van der Waals surface area contributed by atoms with Crippen LogP contribution < -0.4 is 0 Å². The van der Waals surface area contributed by atoms with E-state index >= 15 is 0 Å². The summed E-state index contributed by atoms with van der Waals surface area (Å²) in [5.74, 6) is -4.25. The monoisotopic (exact) mass is 514 g/mol. The standard InChI is InChI=1S/C26H19F5N4O2/c27-25(28)13-18(14-32)35(15-25)24(37)6-5-22(36)19-8-10-33-21-4-3-16(11-20(19)21)1-2-17-7-9-34-23(12-17)26(29,30)31/h1-4,7-12,18H,5-6,13,15H2/b2-1+/t18-/m0/s1. The van der Waals surface area contributed by atoms with Crippen LogP contribution in [0.2, 0.25) is 0 Å². The van der Waals surface area contributed by atoms with Gasteiger partial charge in [0.05, 0.1) is 18.1 Å². The molecule has 0 aliphatic carbocycles. The highest BCUT2D eigenvalue weighted by Gasteiger charge is 2.47. The van der Waals surface area contributed by atoms with Gasteiger partial charge in [-0.05, 0) is 41.5 Å². The van der Waals surface area contributed by atoms with Gasteiger partial charge in [-0.25, -0.2) is 8.78 Å². The molecule has 1 fully saturated rings. The van der Waals surface area contributed by atoms with Crippen LogP contribution in [0.4, 0.5) is 22.0 Å². The van der Waals surface area contributed by atoms with Crippen molar-refractivity contribution in [1.29, 1.82) is 5.26 Å². The molecular weight excluding hydrogens is 495 g/mol. The summed E-state index contributed by atoms with van der Waals surface area (Å²) in [6.45, 7) is -0.853. The summed E-state index contributed by atoms with van der Waals surface area (Å²) < 4.78 is 66.0. The third-order valence-corrected chi connectivity index (χ3v) is 5.91. The van der Waals surface area contributed by atoms with Gasteiger partial charge in [0, 0.05) is 42.6 Å². The Morgan fingerprint density at radius 1 is 1.05 bits per heavy atom. The molecule has 190 valence electrons. The highest BCUT2D eigenvalue weighted by Crippen LogP contribution is 2.32. The van der Waals surface area contributed by atoms with Crippen molar-refractivity contribution >= 4 is 34.7 Å². The lowest BCUT2D eigenvalue weighted by Crippen LogP contribution is -2.36. The maximum Gasteiger partial charge on any atom is 0.433 e. The number of halogens is 5. The fraction of sp³-hybridized carbons (Fsp3) is 0.269. The minimum Gasteiger partial charge on any atom is -0.320 e. The molecule has 0 N–H and O–H groups in total. The SMILES string of the molecule is N#C[C@@H]1CC(F)(F)CN1C(=O)CCC(=O)c1ccnc2ccc(/C=C/c3ccnc(C(F)(F)F)c3)cc12. The van der Waals surface area contributed by atoms with Gasteiger partial charge in [0.2, 0.25) is 5.91 Å². The number of amides is 1. The number of carbonyl (C=O) groups excluding carboxylic acids is 2. The van der Waals surface area contributed by atoms with Gasteiger partial charge < -0.3 is 4.90 Å². The van der Waals surface area contributed by atoms with Crippen LogP contribution in [-0.4, -0.2) is 45.1 Å². The number of likely N-dealkylation sites (tertiary alicyclic amines) is 1. The van der Waals surface area contributed by atoms with Crippen molar-refractivity contribution in [2.45, 2.75) is 37.4 Å². The maximum atomic E-state index is 13.6. The van der Waals surface area contributed by atoms with Gasteiger partial charge >= 0.3 is 6.18 Å². The van der Waals surface area contributed by atoms with Gasteiger partial charge in [0.1, 0.15) is 11.7 Å². The summed E-state index contributed by atoms with van der Waals surface area (Å²) in [6.07, 6.45) is -0.342. The van der Waals surface area contributed by atoms with Crippen LogP contribution in [0, 0.1) is 11.3 Å². The number of ketones is 1. The number of hydrogen-bond donors (Lipinski definition) is 0. The van der Waals surface area contributed by atoms with Crippen LogP contribution in [0.25, 0.3) is 23.1 Å². The first-order valence-electron chi connectivity index (χ1n) is 11.2. The molecule has 11 heteroatoms. The fourth-order valence-corrected chi connectivity index (χ4v) is 4.10. The zero-order valence-corrected chi connectivity index (χ0v) is 19.2. The third kappa shape index (κ3) is 5.97. The molecular formula is C26H19F5N4O2. The second-order valence-corrected chi connectivity index (χ2v) is 8.59. The molecule has 0 bridgehead atoms. The van der Waals surface area contributed by atoms with Crippen molar-refractivity contribution in [2.75, 3.05) is 6.54 Å². The summed E-state index contributed by atoms with van der Waals surface area (Å²) in [5.41, 5.74) is 0.610. The molecule has 1 atom stereocenters. The zero-order valence-electron chi connectivity index (χ0n) is 19.2. The van der Waals surface area contributed by atoms with Gasteiger partial charge in [-0.15, -0.1) is 0 Å². The average Bonchev–Trinajstić information content (AvgIpc) is 3.19. The highest BCUT2D eigenvalue weighted by atomic mass is 19.4. The predicted octanol–water partition coefficient (Wildman–Crippen LogP) is 5.54. The molecule has 37 heavy (non-hydrogen) atoms. The molecule has 0 spiro atoms. The number of nitriles is 1. The Balaban J connectivity index is 1.51. The van der Waals surface area contributed by atoms with E-state index < -0.39 is 48.5 Å². The molecule has 2 aromatic heterocycles. The van der Waals surface area contributed by atoms with Crippen LogP contribution in [0.3, 0.4) is 0 Å². The second-order valence-electron chi connectivity index (χ2n) is 8.59. The quantitative estimate of drug-likeness (QED) is 0.318. The van der Waals surface area contributed by atoms with E-state index in [2.05, 4.69) is 9.97 Å². The normalized spacial score (nSPS) is 17.3. The topological polar surface area (TPSA) is 87.0 Å². The van der Waals surface area contributed by atoms with E-state index in [1.54, 1.807) is 30.3 Å². The van der Waals surface area contributed by atoms with Crippen LogP contribution in [-0.2, 0) is 11.0 Å². The van der Waals surface area contributed by atoms with E-state index in [9.17, 15) is 31.5 Å². The minimum atomic E-state index is -4.57. The Labute approximate surface area is 208 Å². The minimum absolute atomic E-state index is 0.254. The number of alkyl halides is 5. The first-order chi connectivity index (χ1) is 17.5. The smallest absolute Gasteiger partial charge is 0.320 e. The Hall–Kier alpha value is -4.20. The van der Waals surface area contributed by atoms with E-state index in [0.29, 0.717) is 16.5 Å². The molecule has 1 saturated heterocycles. The van der Waals surface area contributed by atoms with Gasteiger partial charge in [-0.2, -0.15) is 18.4 Å². The number of aromatic nitrogens is 2. The molecule has 0 unspecified atom stereocenters. The molecule has 6 nitrogen and oxygen atoms in total.